The van der Waals surface area contributed by atoms with E-state index in [4.69, 9.17) is 0 Å². The third kappa shape index (κ3) is 3.10. The van der Waals surface area contributed by atoms with Crippen LogP contribution in [0.1, 0.15) is 18.5 Å². The summed E-state index contributed by atoms with van der Waals surface area (Å²) < 4.78 is 1.43. The first-order valence-electron chi connectivity index (χ1n) is 9.71. The molecular weight excluding hydrogens is 376 g/mol. The molecule has 2 aromatic carbocycles. The average Bonchev–Trinajstić information content (AvgIpc) is 3.07. The van der Waals surface area contributed by atoms with E-state index >= 15 is 0 Å². The minimum atomic E-state index is -0.0949. The Labute approximate surface area is 172 Å². The largest absolute Gasteiger partial charge is 0.363 e. The lowest BCUT2D eigenvalue weighted by molar-refractivity contribution is 0.748. The smallest absolute Gasteiger partial charge is 0.275 e. The maximum Gasteiger partial charge on any atom is 0.275 e. The Morgan fingerprint density at radius 2 is 1.77 bits per heavy atom. The van der Waals surface area contributed by atoms with Gasteiger partial charge < -0.3 is 5.32 Å². The molecule has 0 fully saturated rings. The van der Waals surface area contributed by atoms with Crippen LogP contribution in [0.25, 0.3) is 33.1 Å². The van der Waals surface area contributed by atoms with Crippen molar-refractivity contribution in [1.82, 2.24) is 24.7 Å². The standard InChI is InChI=1S/C23H20N6O/c1-14(15-6-4-3-5-7-15)27-21-18-10-16(8-9-20(18)25-13-26-21)17-11-19-22(24-12-17)28-29(2)23(19)30/h3-14H,1-2H3,(H,24,28)(H,25,26,27). The van der Waals surface area contributed by atoms with Crippen molar-refractivity contribution in [2.45, 2.75) is 13.0 Å². The Hall–Kier alpha value is -4.00. The molecule has 0 saturated carbocycles. The fraction of sp³-hybridized carbons (Fsp3) is 0.130. The van der Waals surface area contributed by atoms with E-state index in [1.165, 1.54) is 10.2 Å². The number of H-pyrrole nitrogens is 1. The van der Waals surface area contributed by atoms with Gasteiger partial charge in [-0.15, -0.1) is 0 Å². The molecule has 0 amide bonds. The molecule has 30 heavy (non-hydrogen) atoms. The van der Waals surface area contributed by atoms with Crippen molar-refractivity contribution in [2.24, 2.45) is 7.05 Å². The van der Waals surface area contributed by atoms with E-state index in [0.29, 0.717) is 11.0 Å². The summed E-state index contributed by atoms with van der Waals surface area (Å²) in [5.74, 6) is 0.768. The molecule has 7 nitrogen and oxygen atoms in total. The van der Waals surface area contributed by atoms with Crippen LogP contribution in [0.3, 0.4) is 0 Å². The molecule has 1 unspecified atom stereocenters. The molecule has 7 heteroatoms. The SMILES string of the molecule is CC(Nc1ncnc2ccc(-c3cnc4[nH]n(C)c(=O)c4c3)cc12)c1ccccc1. The van der Waals surface area contributed by atoms with Crippen LogP contribution in [0.5, 0.6) is 0 Å². The van der Waals surface area contributed by atoms with Crippen molar-refractivity contribution in [3.63, 3.8) is 0 Å². The first-order chi connectivity index (χ1) is 14.6. The Morgan fingerprint density at radius 3 is 2.60 bits per heavy atom. The second kappa shape index (κ2) is 7.11. The number of anilines is 1. The minimum Gasteiger partial charge on any atom is -0.363 e. The molecule has 0 saturated heterocycles. The molecule has 0 spiro atoms. The van der Waals surface area contributed by atoms with E-state index in [2.05, 4.69) is 44.4 Å². The molecule has 3 heterocycles. The Morgan fingerprint density at radius 1 is 0.967 bits per heavy atom. The van der Waals surface area contributed by atoms with Crippen molar-refractivity contribution in [1.29, 1.82) is 0 Å². The summed E-state index contributed by atoms with van der Waals surface area (Å²) >= 11 is 0. The molecule has 148 valence electrons. The molecular formula is C23H20N6O. The summed E-state index contributed by atoms with van der Waals surface area (Å²) in [7, 11) is 1.68. The van der Waals surface area contributed by atoms with Gasteiger partial charge in [-0.3, -0.25) is 14.6 Å². The molecule has 0 aliphatic rings. The van der Waals surface area contributed by atoms with Crippen LogP contribution in [0.15, 0.2) is 71.9 Å². The summed E-state index contributed by atoms with van der Waals surface area (Å²) in [4.78, 5) is 25.6. The number of rotatable bonds is 4. The van der Waals surface area contributed by atoms with Gasteiger partial charge in [0.15, 0.2) is 5.65 Å². The summed E-state index contributed by atoms with van der Waals surface area (Å²) in [6.07, 6.45) is 3.34. The zero-order valence-corrected chi connectivity index (χ0v) is 16.6. The van der Waals surface area contributed by atoms with Crippen molar-refractivity contribution >= 4 is 27.8 Å². The fourth-order valence-electron chi connectivity index (χ4n) is 3.65. The van der Waals surface area contributed by atoms with Crippen molar-refractivity contribution in [3.8, 4) is 11.1 Å². The molecule has 0 bridgehead atoms. The summed E-state index contributed by atoms with van der Waals surface area (Å²) in [5, 5.41) is 7.92. The second-order valence-corrected chi connectivity index (χ2v) is 7.33. The number of aryl methyl sites for hydroxylation is 1. The minimum absolute atomic E-state index is 0.0915. The topological polar surface area (TPSA) is 88.5 Å². The highest BCUT2D eigenvalue weighted by Gasteiger charge is 2.12. The Balaban J connectivity index is 1.58. The summed E-state index contributed by atoms with van der Waals surface area (Å²) in [6.45, 7) is 2.10. The van der Waals surface area contributed by atoms with Gasteiger partial charge in [-0.2, -0.15) is 0 Å². The number of nitrogens with one attached hydrogen (secondary N) is 2. The predicted molar refractivity (Wildman–Crippen MR) is 118 cm³/mol. The number of benzene rings is 2. The fourth-order valence-corrected chi connectivity index (χ4v) is 3.65. The molecule has 5 rings (SSSR count). The quantitative estimate of drug-likeness (QED) is 0.479. The predicted octanol–water partition coefficient (Wildman–Crippen LogP) is 4.04. The number of pyridine rings is 1. The van der Waals surface area contributed by atoms with Gasteiger partial charge in [0.05, 0.1) is 10.9 Å². The zero-order valence-electron chi connectivity index (χ0n) is 16.6. The number of hydrogen-bond donors (Lipinski definition) is 2. The van der Waals surface area contributed by atoms with Gasteiger partial charge in [0.1, 0.15) is 12.1 Å². The molecule has 5 aromatic rings. The molecule has 0 aliphatic heterocycles. The van der Waals surface area contributed by atoms with Crippen LogP contribution in [-0.4, -0.2) is 24.7 Å². The number of nitrogens with zero attached hydrogens (tertiary/aromatic N) is 4. The van der Waals surface area contributed by atoms with Crippen molar-refractivity contribution in [2.75, 3.05) is 5.32 Å². The van der Waals surface area contributed by atoms with Gasteiger partial charge in [-0.05, 0) is 36.2 Å². The average molecular weight is 396 g/mol. The number of fused-ring (bicyclic) bond motifs is 2. The van der Waals surface area contributed by atoms with Crippen LogP contribution in [0.2, 0.25) is 0 Å². The van der Waals surface area contributed by atoms with Crippen LogP contribution in [-0.2, 0) is 7.05 Å². The van der Waals surface area contributed by atoms with Gasteiger partial charge in [-0.25, -0.2) is 15.0 Å². The third-order valence-corrected chi connectivity index (χ3v) is 5.32. The Kier molecular flexibility index (Phi) is 4.28. The monoisotopic (exact) mass is 396 g/mol. The maximum absolute atomic E-state index is 12.3. The second-order valence-electron chi connectivity index (χ2n) is 7.33. The van der Waals surface area contributed by atoms with Gasteiger partial charge in [0.25, 0.3) is 5.56 Å². The highest BCUT2D eigenvalue weighted by molar-refractivity contribution is 5.93. The van der Waals surface area contributed by atoms with Crippen LogP contribution >= 0.6 is 0 Å². The van der Waals surface area contributed by atoms with Crippen LogP contribution in [0, 0.1) is 0 Å². The van der Waals surface area contributed by atoms with Crippen LogP contribution in [0.4, 0.5) is 5.82 Å². The molecule has 1 atom stereocenters. The van der Waals surface area contributed by atoms with E-state index in [0.717, 1.165) is 27.8 Å². The summed E-state index contributed by atoms with van der Waals surface area (Å²) in [6, 6.07) is 18.2. The van der Waals surface area contributed by atoms with Gasteiger partial charge in [0, 0.05) is 30.2 Å². The highest BCUT2D eigenvalue weighted by atomic mass is 16.1. The Bertz CT molecular complexity index is 1420. The first-order valence-corrected chi connectivity index (χ1v) is 9.71. The van der Waals surface area contributed by atoms with Gasteiger partial charge in [0.2, 0.25) is 0 Å². The molecule has 0 radical (unpaired) electrons. The van der Waals surface area contributed by atoms with E-state index < -0.39 is 0 Å². The lowest BCUT2D eigenvalue weighted by Gasteiger charge is -2.16. The van der Waals surface area contributed by atoms with E-state index in [-0.39, 0.29) is 11.6 Å². The molecule has 3 aromatic heterocycles. The number of aromatic amines is 1. The summed E-state index contributed by atoms with van der Waals surface area (Å²) in [5.41, 5.74) is 4.33. The van der Waals surface area contributed by atoms with E-state index in [1.807, 2.05) is 42.5 Å². The lowest BCUT2D eigenvalue weighted by Crippen LogP contribution is -2.11. The number of aromatic nitrogens is 5. The normalized spacial score (nSPS) is 12.3. The molecule has 2 N–H and O–H groups in total. The maximum atomic E-state index is 12.3. The molecule has 0 aliphatic carbocycles. The lowest BCUT2D eigenvalue weighted by atomic mass is 10.0. The van der Waals surface area contributed by atoms with Gasteiger partial charge in [-0.1, -0.05) is 36.4 Å². The van der Waals surface area contributed by atoms with Gasteiger partial charge >= 0.3 is 0 Å². The third-order valence-electron chi connectivity index (χ3n) is 5.32. The van der Waals surface area contributed by atoms with Crippen LogP contribution < -0.4 is 10.9 Å². The van der Waals surface area contributed by atoms with Crippen molar-refractivity contribution in [3.05, 3.63) is 83.0 Å². The zero-order chi connectivity index (χ0) is 20.7. The first kappa shape index (κ1) is 18.1. The van der Waals surface area contributed by atoms with E-state index in [1.54, 1.807) is 19.6 Å². The number of hydrogen-bond acceptors (Lipinski definition) is 5. The van der Waals surface area contributed by atoms with E-state index in [9.17, 15) is 4.79 Å². The van der Waals surface area contributed by atoms with Crippen molar-refractivity contribution < 1.29 is 0 Å². The highest BCUT2D eigenvalue weighted by Crippen LogP contribution is 2.29.